The predicted octanol–water partition coefficient (Wildman–Crippen LogP) is 3.11. The summed E-state index contributed by atoms with van der Waals surface area (Å²) in [5, 5.41) is 8.12. The Labute approximate surface area is 123 Å². The van der Waals surface area contributed by atoms with Gasteiger partial charge in [-0.3, -0.25) is 4.79 Å². The van der Waals surface area contributed by atoms with Gasteiger partial charge in [0.15, 0.2) is 12.0 Å². The second kappa shape index (κ2) is 5.71. The fourth-order valence-corrected chi connectivity index (χ4v) is 2.36. The molecule has 0 aliphatic heterocycles. The van der Waals surface area contributed by atoms with E-state index in [1.807, 2.05) is 42.5 Å². The molecule has 4 heteroatoms. The van der Waals surface area contributed by atoms with E-state index in [0.717, 1.165) is 23.1 Å². The Bertz CT molecular complexity index is 763. The van der Waals surface area contributed by atoms with Crippen molar-refractivity contribution in [3.8, 4) is 11.3 Å². The zero-order chi connectivity index (χ0) is 14.7. The molecule has 0 atom stereocenters. The van der Waals surface area contributed by atoms with Gasteiger partial charge in [-0.1, -0.05) is 59.8 Å². The van der Waals surface area contributed by atoms with Gasteiger partial charge < -0.3 is 0 Å². The summed E-state index contributed by atoms with van der Waals surface area (Å²) in [6.45, 7) is 2.66. The average Bonchev–Trinajstić information content (AvgIpc) is 2.93. The number of hydrogen-bond donors (Lipinski definition) is 0. The third-order valence-electron chi connectivity index (χ3n) is 3.50. The Balaban J connectivity index is 2.06. The number of carbonyl (C=O) groups excluding carboxylic acids is 1. The van der Waals surface area contributed by atoms with Crippen LogP contribution in [0.15, 0.2) is 54.6 Å². The molecule has 4 nitrogen and oxygen atoms in total. The number of aldehydes is 1. The zero-order valence-electron chi connectivity index (χ0n) is 11.7. The van der Waals surface area contributed by atoms with E-state index >= 15 is 0 Å². The van der Waals surface area contributed by atoms with E-state index < -0.39 is 0 Å². The number of nitrogens with zero attached hydrogens (tertiary/aromatic N) is 3. The first kappa shape index (κ1) is 13.2. The Morgan fingerprint density at radius 2 is 1.76 bits per heavy atom. The van der Waals surface area contributed by atoms with E-state index in [4.69, 9.17) is 0 Å². The van der Waals surface area contributed by atoms with Gasteiger partial charge in [-0.05, 0) is 18.1 Å². The van der Waals surface area contributed by atoms with E-state index in [0.29, 0.717) is 12.2 Å². The molecule has 0 spiro atoms. The molecule has 2 aromatic carbocycles. The lowest BCUT2D eigenvalue weighted by molar-refractivity contribution is 0.111. The molecule has 104 valence electrons. The first-order valence-corrected chi connectivity index (χ1v) is 6.78. The van der Waals surface area contributed by atoms with E-state index in [2.05, 4.69) is 29.4 Å². The summed E-state index contributed by atoms with van der Waals surface area (Å²) >= 11 is 0. The van der Waals surface area contributed by atoms with Crippen molar-refractivity contribution in [2.75, 3.05) is 0 Å². The van der Waals surface area contributed by atoms with Gasteiger partial charge >= 0.3 is 0 Å². The standard InChI is InChI=1S/C17H15N3O/c1-13-7-5-6-10-15(13)11-20-17(16(12-21)18-19-20)14-8-3-2-4-9-14/h2-10,12H,11H2,1H3. The maximum atomic E-state index is 11.2. The topological polar surface area (TPSA) is 47.8 Å². The van der Waals surface area contributed by atoms with Crippen LogP contribution in [0, 0.1) is 6.92 Å². The van der Waals surface area contributed by atoms with Gasteiger partial charge in [-0.15, -0.1) is 5.10 Å². The summed E-state index contributed by atoms with van der Waals surface area (Å²) < 4.78 is 1.78. The highest BCUT2D eigenvalue weighted by Gasteiger charge is 2.14. The third-order valence-corrected chi connectivity index (χ3v) is 3.50. The molecule has 21 heavy (non-hydrogen) atoms. The second-order valence-corrected chi connectivity index (χ2v) is 4.89. The highest BCUT2D eigenvalue weighted by Crippen LogP contribution is 2.22. The number of benzene rings is 2. The van der Waals surface area contributed by atoms with E-state index in [9.17, 15) is 4.79 Å². The second-order valence-electron chi connectivity index (χ2n) is 4.89. The predicted molar refractivity (Wildman–Crippen MR) is 81.1 cm³/mol. The van der Waals surface area contributed by atoms with Crippen LogP contribution < -0.4 is 0 Å². The highest BCUT2D eigenvalue weighted by atomic mass is 16.1. The first-order valence-electron chi connectivity index (χ1n) is 6.78. The van der Waals surface area contributed by atoms with Gasteiger partial charge in [0, 0.05) is 5.56 Å². The molecule has 3 rings (SSSR count). The molecule has 0 bridgehead atoms. The largest absolute Gasteiger partial charge is 0.296 e. The summed E-state index contributed by atoms with van der Waals surface area (Å²) in [5.74, 6) is 0. The Kier molecular flexibility index (Phi) is 3.60. The van der Waals surface area contributed by atoms with E-state index in [1.165, 1.54) is 5.56 Å². The van der Waals surface area contributed by atoms with Gasteiger partial charge in [0.1, 0.15) is 0 Å². The quantitative estimate of drug-likeness (QED) is 0.688. The fourth-order valence-electron chi connectivity index (χ4n) is 2.36. The molecule has 0 radical (unpaired) electrons. The summed E-state index contributed by atoms with van der Waals surface area (Å²) in [5.41, 5.74) is 4.43. The van der Waals surface area contributed by atoms with Crippen LogP contribution in [0.5, 0.6) is 0 Å². The molecule has 0 fully saturated rings. The van der Waals surface area contributed by atoms with E-state index in [-0.39, 0.29) is 0 Å². The molecule has 0 saturated heterocycles. The summed E-state index contributed by atoms with van der Waals surface area (Å²) in [6, 6.07) is 17.9. The van der Waals surface area contributed by atoms with Gasteiger partial charge in [-0.2, -0.15) is 0 Å². The van der Waals surface area contributed by atoms with Crippen LogP contribution in [0.1, 0.15) is 21.6 Å². The van der Waals surface area contributed by atoms with Gasteiger partial charge in [0.25, 0.3) is 0 Å². The lowest BCUT2D eigenvalue weighted by Gasteiger charge is -2.09. The van der Waals surface area contributed by atoms with Crippen molar-refractivity contribution < 1.29 is 4.79 Å². The molecule has 3 aromatic rings. The van der Waals surface area contributed by atoms with Crippen LogP contribution in [-0.2, 0) is 6.54 Å². The summed E-state index contributed by atoms with van der Waals surface area (Å²) in [7, 11) is 0. The number of aromatic nitrogens is 3. The van der Waals surface area contributed by atoms with Crippen molar-refractivity contribution in [1.29, 1.82) is 0 Å². The Hall–Kier alpha value is -2.75. The van der Waals surface area contributed by atoms with Crippen molar-refractivity contribution in [2.45, 2.75) is 13.5 Å². The normalized spacial score (nSPS) is 10.5. The van der Waals surface area contributed by atoms with Crippen molar-refractivity contribution in [1.82, 2.24) is 15.0 Å². The van der Waals surface area contributed by atoms with Crippen LogP contribution in [0.2, 0.25) is 0 Å². The Morgan fingerprint density at radius 1 is 1.05 bits per heavy atom. The molecule has 0 amide bonds. The maximum absolute atomic E-state index is 11.2. The lowest BCUT2D eigenvalue weighted by Crippen LogP contribution is -2.05. The zero-order valence-corrected chi connectivity index (χ0v) is 11.7. The van der Waals surface area contributed by atoms with Crippen molar-refractivity contribution in [3.63, 3.8) is 0 Å². The monoisotopic (exact) mass is 277 g/mol. The third kappa shape index (κ3) is 2.60. The molecule has 0 aliphatic carbocycles. The summed E-state index contributed by atoms with van der Waals surface area (Å²) in [6.07, 6.45) is 0.754. The number of hydrogen-bond acceptors (Lipinski definition) is 3. The number of carbonyl (C=O) groups is 1. The van der Waals surface area contributed by atoms with Crippen molar-refractivity contribution in [2.24, 2.45) is 0 Å². The Morgan fingerprint density at radius 3 is 2.48 bits per heavy atom. The maximum Gasteiger partial charge on any atom is 0.172 e. The molecule has 0 unspecified atom stereocenters. The lowest BCUT2D eigenvalue weighted by atomic mass is 10.1. The minimum absolute atomic E-state index is 0.370. The van der Waals surface area contributed by atoms with Crippen LogP contribution >= 0.6 is 0 Å². The van der Waals surface area contributed by atoms with Gasteiger partial charge in [-0.25, -0.2) is 4.68 Å². The van der Waals surface area contributed by atoms with Crippen LogP contribution in [0.25, 0.3) is 11.3 Å². The molecule has 1 aromatic heterocycles. The van der Waals surface area contributed by atoms with Gasteiger partial charge in [0.2, 0.25) is 0 Å². The van der Waals surface area contributed by atoms with Crippen LogP contribution in [-0.4, -0.2) is 21.3 Å². The molecule has 0 aliphatic rings. The first-order chi connectivity index (χ1) is 10.3. The van der Waals surface area contributed by atoms with Crippen LogP contribution in [0.4, 0.5) is 0 Å². The average molecular weight is 277 g/mol. The minimum Gasteiger partial charge on any atom is -0.296 e. The van der Waals surface area contributed by atoms with Crippen molar-refractivity contribution >= 4 is 6.29 Å². The van der Waals surface area contributed by atoms with Gasteiger partial charge in [0.05, 0.1) is 12.2 Å². The van der Waals surface area contributed by atoms with Crippen LogP contribution in [0.3, 0.4) is 0 Å². The smallest absolute Gasteiger partial charge is 0.172 e. The van der Waals surface area contributed by atoms with E-state index in [1.54, 1.807) is 4.68 Å². The molecule has 1 heterocycles. The molecule has 0 N–H and O–H groups in total. The molecular formula is C17H15N3O. The minimum atomic E-state index is 0.370. The number of aryl methyl sites for hydroxylation is 1. The molecule has 0 saturated carbocycles. The van der Waals surface area contributed by atoms with Crippen molar-refractivity contribution in [3.05, 3.63) is 71.4 Å². The highest BCUT2D eigenvalue weighted by molar-refractivity contribution is 5.83. The summed E-state index contributed by atoms with van der Waals surface area (Å²) in [4.78, 5) is 11.2. The number of rotatable bonds is 4. The molecular weight excluding hydrogens is 262 g/mol. The SMILES string of the molecule is Cc1ccccc1Cn1nnc(C=O)c1-c1ccccc1. The fraction of sp³-hybridized carbons (Fsp3) is 0.118.